The van der Waals surface area contributed by atoms with Gasteiger partial charge in [0.25, 0.3) is 5.56 Å². The van der Waals surface area contributed by atoms with Crippen LogP contribution >= 0.6 is 0 Å². The van der Waals surface area contributed by atoms with E-state index in [1.807, 2.05) is 0 Å². The number of nitrogens with one attached hydrogen (secondary N) is 1. The first-order valence-electron chi connectivity index (χ1n) is 11.6. The van der Waals surface area contributed by atoms with Gasteiger partial charge in [0.2, 0.25) is 0 Å². The zero-order valence-corrected chi connectivity index (χ0v) is 20.6. The van der Waals surface area contributed by atoms with Crippen molar-refractivity contribution in [1.82, 2.24) is 9.78 Å². The minimum atomic E-state index is -4.74. The lowest BCUT2D eigenvalue weighted by Gasteiger charge is -2.18. The van der Waals surface area contributed by atoms with Crippen LogP contribution in [0.2, 0.25) is 0 Å². The summed E-state index contributed by atoms with van der Waals surface area (Å²) in [4.78, 5) is 24.8. The molecule has 11 heteroatoms. The Labute approximate surface area is 211 Å². The number of ether oxygens (including phenoxy) is 3. The van der Waals surface area contributed by atoms with Gasteiger partial charge in [-0.2, -0.15) is 23.0 Å². The van der Waals surface area contributed by atoms with Crippen LogP contribution < -0.4 is 20.3 Å². The van der Waals surface area contributed by atoms with Gasteiger partial charge in [-0.05, 0) is 55.2 Å². The molecule has 8 nitrogen and oxygen atoms in total. The number of fused-ring (bicyclic) bond motifs is 1. The SMILES string of the molecule is COC(=O)CCNc1ccc(C(F)(F)F)c(-n2nc(-c3cc(OC)cc(OC)c3)c3c(c2=O)CCC3)c1. The lowest BCUT2D eigenvalue weighted by Crippen LogP contribution is -2.28. The van der Waals surface area contributed by atoms with E-state index in [2.05, 4.69) is 15.2 Å². The zero-order chi connectivity index (χ0) is 26.7. The number of hydrogen-bond donors (Lipinski definition) is 1. The van der Waals surface area contributed by atoms with Crippen molar-refractivity contribution in [3.63, 3.8) is 0 Å². The summed E-state index contributed by atoms with van der Waals surface area (Å²) < 4.78 is 58.2. The van der Waals surface area contributed by atoms with Gasteiger partial charge in [0, 0.05) is 29.4 Å². The predicted octanol–water partition coefficient (Wildman–Crippen LogP) is 4.40. The number of aromatic nitrogens is 2. The molecule has 0 aliphatic heterocycles. The number of anilines is 1. The van der Waals surface area contributed by atoms with E-state index in [0.717, 1.165) is 10.7 Å². The monoisotopic (exact) mass is 517 g/mol. The first-order chi connectivity index (χ1) is 17.7. The quantitative estimate of drug-likeness (QED) is 0.443. The van der Waals surface area contributed by atoms with Crippen LogP contribution in [0.3, 0.4) is 0 Å². The second-order valence-electron chi connectivity index (χ2n) is 8.46. The Morgan fingerprint density at radius 2 is 1.70 bits per heavy atom. The van der Waals surface area contributed by atoms with E-state index in [1.54, 1.807) is 18.2 Å². The summed E-state index contributed by atoms with van der Waals surface area (Å²) in [5.74, 6) is 0.497. The molecule has 0 unspecified atom stereocenters. The molecule has 0 radical (unpaired) electrons. The zero-order valence-electron chi connectivity index (χ0n) is 20.6. The molecule has 1 aliphatic rings. The number of rotatable bonds is 8. The Morgan fingerprint density at radius 3 is 2.32 bits per heavy atom. The van der Waals surface area contributed by atoms with E-state index >= 15 is 0 Å². The Balaban J connectivity index is 1.90. The minimum absolute atomic E-state index is 0.0196. The maximum absolute atomic E-state index is 14.0. The van der Waals surface area contributed by atoms with Crippen molar-refractivity contribution in [2.24, 2.45) is 0 Å². The molecule has 2 aromatic carbocycles. The van der Waals surface area contributed by atoms with Crippen LogP contribution in [-0.2, 0) is 28.5 Å². The average Bonchev–Trinajstić information content (AvgIpc) is 3.38. The van der Waals surface area contributed by atoms with Crippen LogP contribution in [-0.4, -0.2) is 43.6 Å². The minimum Gasteiger partial charge on any atom is -0.497 e. The molecule has 0 saturated carbocycles. The molecule has 196 valence electrons. The van der Waals surface area contributed by atoms with Gasteiger partial charge in [-0.3, -0.25) is 9.59 Å². The summed E-state index contributed by atoms with van der Waals surface area (Å²) in [6.07, 6.45) is -3.02. The van der Waals surface area contributed by atoms with Crippen LogP contribution in [0.15, 0.2) is 41.2 Å². The second-order valence-corrected chi connectivity index (χ2v) is 8.46. The third-order valence-electron chi connectivity index (χ3n) is 6.20. The molecule has 1 aromatic heterocycles. The molecule has 1 N–H and O–H groups in total. The number of esters is 1. The molecule has 0 atom stereocenters. The van der Waals surface area contributed by atoms with Gasteiger partial charge in [0.1, 0.15) is 11.5 Å². The molecule has 0 amide bonds. The predicted molar refractivity (Wildman–Crippen MR) is 131 cm³/mol. The lowest BCUT2D eigenvalue weighted by molar-refractivity contribution is -0.140. The number of carbonyl (C=O) groups excluding carboxylic acids is 1. The summed E-state index contributed by atoms with van der Waals surface area (Å²) in [6.45, 7) is 0.138. The van der Waals surface area contributed by atoms with Gasteiger partial charge >= 0.3 is 12.1 Å². The highest BCUT2D eigenvalue weighted by Crippen LogP contribution is 2.37. The Bertz CT molecular complexity index is 1360. The molecule has 1 aliphatic carbocycles. The Kier molecular flexibility index (Phi) is 7.42. The summed E-state index contributed by atoms with van der Waals surface area (Å²) >= 11 is 0. The fourth-order valence-electron chi connectivity index (χ4n) is 4.38. The van der Waals surface area contributed by atoms with Crippen molar-refractivity contribution in [2.45, 2.75) is 31.9 Å². The van der Waals surface area contributed by atoms with Crippen LogP contribution in [0, 0.1) is 0 Å². The summed E-state index contributed by atoms with van der Waals surface area (Å²) in [5, 5.41) is 7.37. The van der Waals surface area contributed by atoms with E-state index in [4.69, 9.17) is 9.47 Å². The van der Waals surface area contributed by atoms with Crippen molar-refractivity contribution in [2.75, 3.05) is 33.2 Å². The Morgan fingerprint density at radius 1 is 1.03 bits per heavy atom. The summed E-state index contributed by atoms with van der Waals surface area (Å²) in [5.41, 5.74) is 0.375. The van der Waals surface area contributed by atoms with Crippen LogP contribution in [0.5, 0.6) is 11.5 Å². The van der Waals surface area contributed by atoms with E-state index in [0.29, 0.717) is 58.8 Å². The highest BCUT2D eigenvalue weighted by Gasteiger charge is 2.35. The van der Waals surface area contributed by atoms with Gasteiger partial charge in [-0.15, -0.1) is 0 Å². The number of alkyl halides is 3. The molecule has 37 heavy (non-hydrogen) atoms. The van der Waals surface area contributed by atoms with Gasteiger partial charge in [0.15, 0.2) is 0 Å². The van der Waals surface area contributed by atoms with Gasteiger partial charge in [-0.1, -0.05) is 0 Å². The van der Waals surface area contributed by atoms with Crippen molar-refractivity contribution in [1.29, 1.82) is 0 Å². The largest absolute Gasteiger partial charge is 0.497 e. The third-order valence-corrected chi connectivity index (χ3v) is 6.20. The number of benzene rings is 2. The standard InChI is InChI=1S/C26H26F3N3O5/c1-35-17-11-15(12-18(14-17)36-2)24-19-5-4-6-20(19)25(34)32(31-24)22-13-16(30-10-9-23(33)37-3)7-8-21(22)26(27,28)29/h7-8,11-14,30H,4-6,9-10H2,1-3H3. The van der Waals surface area contributed by atoms with Gasteiger partial charge in [0.05, 0.1) is 44.7 Å². The molecule has 1 heterocycles. The molecule has 4 rings (SSSR count). The number of carbonyl (C=O) groups is 1. The van der Waals surface area contributed by atoms with E-state index in [9.17, 15) is 22.8 Å². The second kappa shape index (κ2) is 10.5. The summed E-state index contributed by atoms with van der Waals surface area (Å²) in [6, 6.07) is 8.43. The van der Waals surface area contributed by atoms with Crippen molar-refractivity contribution in [3.8, 4) is 28.4 Å². The maximum Gasteiger partial charge on any atom is 0.418 e. The third kappa shape index (κ3) is 5.40. The van der Waals surface area contributed by atoms with Crippen LogP contribution in [0.1, 0.15) is 29.5 Å². The van der Waals surface area contributed by atoms with Crippen molar-refractivity contribution >= 4 is 11.7 Å². The van der Waals surface area contributed by atoms with Crippen LogP contribution in [0.4, 0.5) is 18.9 Å². The summed E-state index contributed by atoms with van der Waals surface area (Å²) in [7, 11) is 4.23. The van der Waals surface area contributed by atoms with Gasteiger partial charge < -0.3 is 19.5 Å². The molecular formula is C26H26F3N3O5. The van der Waals surface area contributed by atoms with E-state index < -0.39 is 29.0 Å². The Hall–Kier alpha value is -4.02. The normalized spacial score (nSPS) is 12.7. The van der Waals surface area contributed by atoms with Crippen LogP contribution in [0.25, 0.3) is 16.9 Å². The molecule has 0 saturated heterocycles. The molecule has 0 bridgehead atoms. The van der Waals surface area contributed by atoms with Crippen molar-refractivity contribution in [3.05, 3.63) is 63.4 Å². The molecule has 3 aromatic rings. The number of halogens is 3. The van der Waals surface area contributed by atoms with E-state index in [-0.39, 0.29) is 13.0 Å². The first-order valence-corrected chi connectivity index (χ1v) is 11.6. The van der Waals surface area contributed by atoms with Gasteiger partial charge in [-0.25, -0.2) is 0 Å². The fraction of sp³-hybridized carbons (Fsp3) is 0.346. The highest BCUT2D eigenvalue weighted by molar-refractivity contribution is 5.70. The topological polar surface area (TPSA) is 91.7 Å². The fourth-order valence-corrected chi connectivity index (χ4v) is 4.38. The van der Waals surface area contributed by atoms with E-state index in [1.165, 1.54) is 33.5 Å². The first kappa shape index (κ1) is 26.1. The highest BCUT2D eigenvalue weighted by atomic mass is 19.4. The maximum atomic E-state index is 14.0. The molecule has 0 spiro atoms. The smallest absolute Gasteiger partial charge is 0.418 e. The molecule has 0 fully saturated rings. The molecular weight excluding hydrogens is 491 g/mol. The lowest BCUT2D eigenvalue weighted by atomic mass is 10.0. The number of methoxy groups -OCH3 is 3. The average molecular weight is 518 g/mol. The van der Waals surface area contributed by atoms with Crippen molar-refractivity contribution < 1.29 is 32.2 Å². The number of hydrogen-bond acceptors (Lipinski definition) is 7. The number of nitrogens with zero attached hydrogens (tertiary/aromatic N) is 2.